The van der Waals surface area contributed by atoms with Crippen molar-refractivity contribution in [3.63, 3.8) is 0 Å². The van der Waals surface area contributed by atoms with Gasteiger partial charge in [-0.15, -0.1) is 0 Å². The minimum absolute atomic E-state index is 0.526. The third-order valence-corrected chi connectivity index (χ3v) is 4.32. The second kappa shape index (κ2) is 5.53. The lowest BCUT2D eigenvalue weighted by Gasteiger charge is -2.43. The van der Waals surface area contributed by atoms with Gasteiger partial charge < -0.3 is 5.32 Å². The smallest absolute Gasteiger partial charge is 0.0175 e. The highest BCUT2D eigenvalue weighted by atomic mass is 79.9. The molecule has 1 fully saturated rings. The highest BCUT2D eigenvalue weighted by Gasteiger charge is 2.36. The van der Waals surface area contributed by atoms with Crippen molar-refractivity contribution in [1.29, 1.82) is 0 Å². The van der Waals surface area contributed by atoms with E-state index in [9.17, 15) is 0 Å². The number of hydrogen-bond acceptors (Lipinski definition) is 1. The molecule has 1 nitrogen and oxygen atoms in total. The maximum Gasteiger partial charge on any atom is 0.0175 e. The van der Waals surface area contributed by atoms with Gasteiger partial charge in [-0.3, -0.25) is 0 Å². The number of benzene rings is 1. The van der Waals surface area contributed by atoms with Crippen LogP contribution in [0.3, 0.4) is 0 Å². The van der Waals surface area contributed by atoms with E-state index in [4.69, 9.17) is 0 Å². The normalized spacial score (nSPS) is 18.1. The molecular weight excluding hydrogens is 274 g/mol. The summed E-state index contributed by atoms with van der Waals surface area (Å²) in [4.78, 5) is 0. The van der Waals surface area contributed by atoms with Crippen LogP contribution in [0.1, 0.15) is 38.7 Å². The molecule has 1 aromatic rings. The molecular formula is C15H22BrN. The van der Waals surface area contributed by atoms with Crippen LogP contribution in [0.2, 0.25) is 0 Å². The second-order valence-corrected chi connectivity index (χ2v) is 6.61. The summed E-state index contributed by atoms with van der Waals surface area (Å²) in [6.45, 7) is 5.62. The van der Waals surface area contributed by atoms with Crippen molar-refractivity contribution in [3.05, 3.63) is 34.3 Å². The number of nitrogens with one attached hydrogen (secondary N) is 1. The van der Waals surface area contributed by atoms with E-state index in [0.717, 1.165) is 0 Å². The number of hydrogen-bond donors (Lipinski definition) is 1. The summed E-state index contributed by atoms with van der Waals surface area (Å²) in [5, 5.41) is 3.61. The Morgan fingerprint density at radius 1 is 1.24 bits per heavy atom. The molecule has 0 atom stereocenters. The lowest BCUT2D eigenvalue weighted by molar-refractivity contribution is 0.127. The summed E-state index contributed by atoms with van der Waals surface area (Å²) < 4.78 is 1.17. The van der Waals surface area contributed by atoms with E-state index in [2.05, 4.69) is 59.4 Å². The Hall–Kier alpha value is -0.340. The van der Waals surface area contributed by atoms with Crippen LogP contribution in [-0.2, 0) is 6.42 Å². The maximum absolute atomic E-state index is 3.61. The van der Waals surface area contributed by atoms with Crippen molar-refractivity contribution in [2.45, 2.75) is 45.6 Å². The molecule has 2 heteroatoms. The van der Waals surface area contributed by atoms with Gasteiger partial charge in [0.05, 0.1) is 0 Å². The van der Waals surface area contributed by atoms with Crippen LogP contribution in [0.25, 0.3) is 0 Å². The first-order chi connectivity index (χ1) is 8.10. The van der Waals surface area contributed by atoms with E-state index in [0.29, 0.717) is 11.5 Å². The molecule has 0 spiro atoms. The third-order valence-electron chi connectivity index (χ3n) is 3.79. The van der Waals surface area contributed by atoms with Gasteiger partial charge in [-0.25, -0.2) is 0 Å². The zero-order valence-electron chi connectivity index (χ0n) is 10.8. The third kappa shape index (κ3) is 3.56. The molecule has 0 saturated heterocycles. The van der Waals surface area contributed by atoms with Crippen molar-refractivity contribution in [2.24, 2.45) is 5.41 Å². The Morgan fingerprint density at radius 2 is 1.88 bits per heavy atom. The molecule has 1 N–H and O–H groups in total. The highest BCUT2D eigenvalue weighted by Crippen LogP contribution is 2.43. The predicted molar refractivity (Wildman–Crippen MR) is 77.3 cm³/mol. The first-order valence-electron chi connectivity index (χ1n) is 6.58. The van der Waals surface area contributed by atoms with Crippen LogP contribution in [0.4, 0.5) is 0 Å². The Bertz CT molecular complexity index is 352. The molecule has 1 aliphatic rings. The SMILES string of the molecule is CC(C)NCC1(Cc2ccc(Br)cc2)CCC1. The molecule has 1 aliphatic carbocycles. The van der Waals surface area contributed by atoms with Gasteiger partial charge in [0.15, 0.2) is 0 Å². The fourth-order valence-corrected chi connectivity index (χ4v) is 2.81. The van der Waals surface area contributed by atoms with E-state index in [1.54, 1.807) is 0 Å². The van der Waals surface area contributed by atoms with Gasteiger partial charge in [-0.2, -0.15) is 0 Å². The first kappa shape index (κ1) is 13.1. The predicted octanol–water partition coefficient (Wildman–Crippen LogP) is 4.16. The van der Waals surface area contributed by atoms with Gasteiger partial charge in [0.25, 0.3) is 0 Å². The average molecular weight is 296 g/mol. The van der Waals surface area contributed by atoms with E-state index < -0.39 is 0 Å². The minimum atomic E-state index is 0.526. The lowest BCUT2D eigenvalue weighted by Crippen LogP contribution is -2.43. The summed E-state index contributed by atoms with van der Waals surface area (Å²) in [7, 11) is 0. The molecule has 17 heavy (non-hydrogen) atoms. The summed E-state index contributed by atoms with van der Waals surface area (Å²) in [5.74, 6) is 0. The Kier molecular flexibility index (Phi) is 4.26. The molecule has 1 saturated carbocycles. The van der Waals surface area contributed by atoms with E-state index in [-0.39, 0.29) is 0 Å². The Morgan fingerprint density at radius 3 is 2.35 bits per heavy atom. The van der Waals surface area contributed by atoms with Crippen LogP contribution in [-0.4, -0.2) is 12.6 Å². The monoisotopic (exact) mass is 295 g/mol. The Labute approximate surface area is 113 Å². The van der Waals surface area contributed by atoms with Crippen molar-refractivity contribution < 1.29 is 0 Å². The summed E-state index contributed by atoms with van der Waals surface area (Å²) in [6, 6.07) is 9.39. The highest BCUT2D eigenvalue weighted by molar-refractivity contribution is 9.10. The summed E-state index contributed by atoms with van der Waals surface area (Å²) >= 11 is 3.49. The summed E-state index contributed by atoms with van der Waals surface area (Å²) in [5.41, 5.74) is 2.00. The maximum atomic E-state index is 3.61. The van der Waals surface area contributed by atoms with Crippen LogP contribution in [0.15, 0.2) is 28.7 Å². The molecule has 0 radical (unpaired) electrons. The zero-order chi connectivity index (χ0) is 12.3. The van der Waals surface area contributed by atoms with Crippen molar-refractivity contribution in [3.8, 4) is 0 Å². The summed E-state index contributed by atoms with van der Waals surface area (Å²) in [6.07, 6.45) is 5.38. The van der Waals surface area contributed by atoms with Crippen molar-refractivity contribution in [1.82, 2.24) is 5.32 Å². The number of rotatable bonds is 5. The van der Waals surface area contributed by atoms with Crippen molar-refractivity contribution >= 4 is 15.9 Å². The topological polar surface area (TPSA) is 12.0 Å². The molecule has 2 rings (SSSR count). The van der Waals surface area contributed by atoms with E-state index in [1.807, 2.05) is 0 Å². The standard InChI is InChI=1S/C15H22BrN/c1-12(2)17-11-15(8-3-9-15)10-13-4-6-14(16)7-5-13/h4-7,12,17H,3,8-11H2,1-2H3. The van der Waals surface area contributed by atoms with Gasteiger partial charge in [0.1, 0.15) is 0 Å². The molecule has 0 amide bonds. The molecule has 0 unspecified atom stereocenters. The van der Waals surface area contributed by atoms with Crippen LogP contribution < -0.4 is 5.32 Å². The van der Waals surface area contributed by atoms with Crippen LogP contribution >= 0.6 is 15.9 Å². The van der Waals surface area contributed by atoms with Gasteiger partial charge in [0, 0.05) is 17.1 Å². The quantitative estimate of drug-likeness (QED) is 0.860. The molecule has 0 bridgehead atoms. The fraction of sp³-hybridized carbons (Fsp3) is 0.600. The molecule has 1 aromatic carbocycles. The molecule has 0 aromatic heterocycles. The molecule has 94 valence electrons. The Balaban J connectivity index is 1.96. The number of halogens is 1. The fourth-order valence-electron chi connectivity index (χ4n) is 2.55. The average Bonchev–Trinajstić information content (AvgIpc) is 2.24. The largest absolute Gasteiger partial charge is 0.314 e. The van der Waals surface area contributed by atoms with E-state index in [1.165, 1.54) is 42.3 Å². The molecule has 0 heterocycles. The lowest BCUT2D eigenvalue weighted by atomic mass is 9.65. The van der Waals surface area contributed by atoms with Crippen LogP contribution in [0, 0.1) is 5.41 Å². The van der Waals surface area contributed by atoms with Crippen LogP contribution in [0.5, 0.6) is 0 Å². The molecule has 0 aliphatic heterocycles. The minimum Gasteiger partial charge on any atom is -0.314 e. The second-order valence-electron chi connectivity index (χ2n) is 5.69. The first-order valence-corrected chi connectivity index (χ1v) is 7.37. The van der Waals surface area contributed by atoms with Gasteiger partial charge in [-0.1, -0.05) is 48.3 Å². The zero-order valence-corrected chi connectivity index (χ0v) is 12.4. The van der Waals surface area contributed by atoms with Crippen molar-refractivity contribution in [2.75, 3.05) is 6.54 Å². The van der Waals surface area contributed by atoms with Gasteiger partial charge >= 0.3 is 0 Å². The van der Waals surface area contributed by atoms with E-state index >= 15 is 0 Å². The van der Waals surface area contributed by atoms with Gasteiger partial charge in [-0.05, 0) is 42.4 Å². The van der Waals surface area contributed by atoms with Gasteiger partial charge in [0.2, 0.25) is 0 Å².